The summed E-state index contributed by atoms with van der Waals surface area (Å²) in [4.78, 5) is 42.7. The van der Waals surface area contributed by atoms with Crippen LogP contribution in [0.4, 0.5) is 4.79 Å². The topological polar surface area (TPSA) is 100 Å². The fraction of sp³-hybridized carbons (Fsp3) is 0.625. The standard InChI is InChI=1S/C24H34N4O5/c1-16(2)25-24(31)28-12-8-17(9-13-28)21(23(30)27-10-4-3-5-11-27)26-22(29)18-6-7-19-20(14-18)33-15-32-19/h6-7,14,16-17,21H,3-5,8-13,15H2,1-2H3,(H,25,31)(H,26,29)/t21-/m0/s1. The van der Waals surface area contributed by atoms with Crippen molar-refractivity contribution in [2.24, 2.45) is 5.92 Å². The Labute approximate surface area is 194 Å². The Morgan fingerprint density at radius 2 is 1.61 bits per heavy atom. The first kappa shape index (κ1) is 23.2. The summed E-state index contributed by atoms with van der Waals surface area (Å²) < 4.78 is 10.7. The second kappa shape index (κ2) is 10.3. The van der Waals surface area contributed by atoms with E-state index >= 15 is 0 Å². The molecule has 0 radical (unpaired) electrons. The Hall–Kier alpha value is -2.97. The number of likely N-dealkylation sites (tertiary alicyclic amines) is 2. The highest BCUT2D eigenvalue weighted by Gasteiger charge is 2.36. The maximum absolute atomic E-state index is 13.5. The molecule has 1 atom stereocenters. The minimum atomic E-state index is -0.615. The fourth-order valence-corrected chi connectivity index (χ4v) is 4.73. The van der Waals surface area contributed by atoms with Crippen LogP contribution < -0.4 is 20.1 Å². The van der Waals surface area contributed by atoms with E-state index in [4.69, 9.17) is 9.47 Å². The predicted molar refractivity (Wildman–Crippen MR) is 122 cm³/mol. The first-order valence-electron chi connectivity index (χ1n) is 12.0. The van der Waals surface area contributed by atoms with Gasteiger partial charge in [-0.1, -0.05) is 0 Å². The van der Waals surface area contributed by atoms with Crippen LogP contribution in [0.2, 0.25) is 0 Å². The summed E-state index contributed by atoms with van der Waals surface area (Å²) in [6, 6.07) is 4.43. The van der Waals surface area contributed by atoms with Gasteiger partial charge in [0.2, 0.25) is 12.7 Å². The molecule has 0 saturated carbocycles. The van der Waals surface area contributed by atoms with E-state index in [1.54, 1.807) is 23.1 Å². The average Bonchev–Trinajstić information content (AvgIpc) is 3.30. The van der Waals surface area contributed by atoms with Crippen LogP contribution in [-0.2, 0) is 4.79 Å². The molecule has 180 valence electrons. The lowest BCUT2D eigenvalue weighted by Crippen LogP contribution is -2.56. The van der Waals surface area contributed by atoms with Crippen molar-refractivity contribution >= 4 is 17.8 Å². The summed E-state index contributed by atoms with van der Waals surface area (Å²) in [5.41, 5.74) is 0.435. The molecular weight excluding hydrogens is 424 g/mol. The van der Waals surface area contributed by atoms with Gasteiger partial charge in [0.25, 0.3) is 5.91 Å². The number of benzene rings is 1. The van der Waals surface area contributed by atoms with Crippen LogP contribution in [0.3, 0.4) is 0 Å². The van der Waals surface area contributed by atoms with Gasteiger partial charge in [0.1, 0.15) is 6.04 Å². The van der Waals surface area contributed by atoms with E-state index in [1.165, 1.54) is 0 Å². The Kier molecular flexibility index (Phi) is 7.25. The van der Waals surface area contributed by atoms with Crippen LogP contribution >= 0.6 is 0 Å². The third kappa shape index (κ3) is 5.51. The second-order valence-corrected chi connectivity index (χ2v) is 9.33. The van der Waals surface area contributed by atoms with Gasteiger partial charge >= 0.3 is 6.03 Å². The number of carbonyl (C=O) groups is 3. The van der Waals surface area contributed by atoms with Gasteiger partial charge in [-0.05, 0) is 70.1 Å². The minimum Gasteiger partial charge on any atom is -0.454 e. The zero-order valence-corrected chi connectivity index (χ0v) is 19.5. The lowest BCUT2D eigenvalue weighted by molar-refractivity contribution is -0.136. The lowest BCUT2D eigenvalue weighted by Gasteiger charge is -2.38. The van der Waals surface area contributed by atoms with E-state index in [1.807, 2.05) is 18.7 Å². The molecule has 1 aromatic carbocycles. The van der Waals surface area contributed by atoms with E-state index in [0.29, 0.717) is 43.0 Å². The summed E-state index contributed by atoms with van der Waals surface area (Å²) in [7, 11) is 0. The number of amides is 4. The quantitative estimate of drug-likeness (QED) is 0.706. The first-order valence-corrected chi connectivity index (χ1v) is 12.0. The monoisotopic (exact) mass is 458 g/mol. The third-order valence-corrected chi connectivity index (χ3v) is 6.57. The average molecular weight is 459 g/mol. The van der Waals surface area contributed by atoms with Gasteiger partial charge in [0.15, 0.2) is 11.5 Å². The SMILES string of the molecule is CC(C)NC(=O)N1CCC([C@H](NC(=O)c2ccc3c(c2)OCO3)C(=O)N2CCCCC2)CC1. The number of urea groups is 1. The predicted octanol–water partition coefficient (Wildman–Crippen LogP) is 2.36. The second-order valence-electron chi connectivity index (χ2n) is 9.33. The van der Waals surface area contributed by atoms with Crippen LogP contribution in [0.15, 0.2) is 18.2 Å². The molecule has 0 spiro atoms. The minimum absolute atomic E-state index is 0.0196. The van der Waals surface area contributed by atoms with E-state index in [9.17, 15) is 14.4 Å². The molecule has 0 bridgehead atoms. The lowest BCUT2D eigenvalue weighted by atomic mass is 9.88. The molecule has 9 nitrogen and oxygen atoms in total. The zero-order valence-electron chi connectivity index (χ0n) is 19.5. The molecular formula is C24H34N4O5. The normalized spacial score (nSPS) is 19.4. The van der Waals surface area contributed by atoms with Gasteiger partial charge in [0, 0.05) is 37.8 Å². The van der Waals surface area contributed by atoms with Gasteiger partial charge in [0.05, 0.1) is 0 Å². The molecule has 1 aromatic rings. The van der Waals surface area contributed by atoms with Crippen LogP contribution in [-0.4, -0.2) is 72.7 Å². The summed E-state index contributed by atoms with van der Waals surface area (Å²) in [5, 5.41) is 5.95. The summed E-state index contributed by atoms with van der Waals surface area (Å²) in [6.07, 6.45) is 4.43. The molecule has 4 rings (SSSR count). The van der Waals surface area contributed by atoms with Gasteiger partial charge in [-0.2, -0.15) is 0 Å². The van der Waals surface area contributed by atoms with E-state index in [0.717, 1.165) is 32.4 Å². The number of fused-ring (bicyclic) bond motifs is 1. The number of hydrogen-bond acceptors (Lipinski definition) is 5. The van der Waals surface area contributed by atoms with Gasteiger partial charge in [-0.15, -0.1) is 0 Å². The smallest absolute Gasteiger partial charge is 0.317 e. The van der Waals surface area contributed by atoms with Crippen LogP contribution in [0, 0.1) is 5.92 Å². The van der Waals surface area contributed by atoms with Crippen LogP contribution in [0.1, 0.15) is 56.3 Å². The molecule has 2 fully saturated rings. The van der Waals surface area contributed by atoms with Crippen molar-refractivity contribution in [3.63, 3.8) is 0 Å². The van der Waals surface area contributed by atoms with Crippen molar-refractivity contribution in [2.75, 3.05) is 33.0 Å². The fourth-order valence-electron chi connectivity index (χ4n) is 4.73. The van der Waals surface area contributed by atoms with Crippen molar-refractivity contribution in [1.29, 1.82) is 0 Å². The number of rotatable bonds is 5. The molecule has 33 heavy (non-hydrogen) atoms. The molecule has 3 heterocycles. The summed E-state index contributed by atoms with van der Waals surface area (Å²) in [6.45, 7) is 6.59. The third-order valence-electron chi connectivity index (χ3n) is 6.57. The highest BCUT2D eigenvalue weighted by atomic mass is 16.7. The van der Waals surface area contributed by atoms with E-state index in [2.05, 4.69) is 10.6 Å². The molecule has 2 N–H and O–H groups in total. The Morgan fingerprint density at radius 1 is 0.909 bits per heavy atom. The van der Waals surface area contributed by atoms with E-state index < -0.39 is 6.04 Å². The van der Waals surface area contributed by atoms with Crippen molar-refractivity contribution in [2.45, 2.75) is 58.0 Å². The van der Waals surface area contributed by atoms with Crippen molar-refractivity contribution in [3.05, 3.63) is 23.8 Å². The highest BCUT2D eigenvalue weighted by Crippen LogP contribution is 2.32. The largest absolute Gasteiger partial charge is 0.454 e. The molecule has 3 aliphatic heterocycles. The van der Waals surface area contributed by atoms with Crippen molar-refractivity contribution in [3.8, 4) is 11.5 Å². The molecule has 0 aromatic heterocycles. The maximum Gasteiger partial charge on any atom is 0.317 e. The molecule has 0 unspecified atom stereocenters. The molecule has 2 saturated heterocycles. The van der Waals surface area contributed by atoms with Crippen molar-refractivity contribution in [1.82, 2.24) is 20.4 Å². The molecule has 9 heteroatoms. The number of nitrogens with zero attached hydrogens (tertiary/aromatic N) is 2. The highest BCUT2D eigenvalue weighted by molar-refractivity contribution is 5.98. The summed E-state index contributed by atoms with van der Waals surface area (Å²) >= 11 is 0. The van der Waals surface area contributed by atoms with Gasteiger partial charge in [-0.25, -0.2) is 4.79 Å². The van der Waals surface area contributed by atoms with Gasteiger partial charge < -0.3 is 29.9 Å². The number of carbonyl (C=O) groups excluding carboxylic acids is 3. The molecule has 3 aliphatic rings. The first-order chi connectivity index (χ1) is 15.9. The van der Waals surface area contributed by atoms with Crippen molar-refractivity contribution < 1.29 is 23.9 Å². The number of ether oxygens (including phenoxy) is 2. The molecule has 4 amide bonds. The summed E-state index contributed by atoms with van der Waals surface area (Å²) in [5.74, 6) is 0.795. The maximum atomic E-state index is 13.5. The van der Waals surface area contributed by atoms with Gasteiger partial charge in [-0.3, -0.25) is 9.59 Å². The van der Waals surface area contributed by atoms with Crippen LogP contribution in [0.5, 0.6) is 11.5 Å². The number of hydrogen-bond donors (Lipinski definition) is 2. The Balaban J connectivity index is 1.46. The Morgan fingerprint density at radius 3 is 2.30 bits per heavy atom. The van der Waals surface area contributed by atoms with E-state index in [-0.39, 0.29) is 36.6 Å². The molecule has 0 aliphatic carbocycles. The number of nitrogens with one attached hydrogen (secondary N) is 2. The Bertz CT molecular complexity index is 876. The van der Waals surface area contributed by atoms with Crippen LogP contribution in [0.25, 0.3) is 0 Å². The number of piperidine rings is 2. The zero-order chi connectivity index (χ0) is 23.4.